The molecule has 1 fully saturated rings. The van der Waals surface area contributed by atoms with Gasteiger partial charge in [0, 0.05) is 0 Å². The van der Waals surface area contributed by atoms with Crippen molar-refractivity contribution in [1.29, 1.82) is 0 Å². The molecule has 0 radical (unpaired) electrons. The van der Waals surface area contributed by atoms with E-state index in [0.717, 1.165) is 11.8 Å². The minimum Gasteiger partial charge on any atom is -0.373 e. The normalized spacial score (nSPS) is 21.5. The maximum Gasteiger partial charge on any atom is 0.0721 e. The molecule has 1 saturated carbocycles. The highest BCUT2D eigenvalue weighted by atomic mass is 16.5. The zero-order valence-electron chi connectivity index (χ0n) is 13.8. The van der Waals surface area contributed by atoms with Crippen LogP contribution in [-0.4, -0.2) is 6.61 Å². The van der Waals surface area contributed by atoms with Gasteiger partial charge in [-0.05, 0) is 61.5 Å². The molecule has 1 aromatic carbocycles. The molecule has 0 heterocycles. The second-order valence-corrected chi connectivity index (χ2v) is 6.48. The van der Waals surface area contributed by atoms with Crippen molar-refractivity contribution in [1.82, 2.24) is 0 Å². The van der Waals surface area contributed by atoms with Gasteiger partial charge in [0.15, 0.2) is 0 Å². The third kappa shape index (κ3) is 5.46. The molecule has 1 aromatic rings. The molecule has 1 heteroatoms. The Morgan fingerprint density at radius 3 is 2.36 bits per heavy atom. The molecule has 0 saturated heterocycles. The fourth-order valence-corrected chi connectivity index (χ4v) is 3.48. The number of hydrogen-bond donors (Lipinski definition) is 0. The molecule has 0 N–H and O–H groups in total. The van der Waals surface area contributed by atoms with E-state index >= 15 is 0 Å². The smallest absolute Gasteiger partial charge is 0.0721 e. The van der Waals surface area contributed by atoms with Gasteiger partial charge in [0.2, 0.25) is 0 Å². The monoisotopic (exact) mass is 298 g/mol. The van der Waals surface area contributed by atoms with E-state index in [1.54, 1.807) is 6.08 Å². The van der Waals surface area contributed by atoms with Crippen molar-refractivity contribution in [3.63, 3.8) is 0 Å². The van der Waals surface area contributed by atoms with Crippen molar-refractivity contribution >= 4 is 0 Å². The molecular weight excluding hydrogens is 268 g/mol. The van der Waals surface area contributed by atoms with Gasteiger partial charge in [0.1, 0.15) is 0 Å². The fourth-order valence-electron chi connectivity index (χ4n) is 3.48. The molecule has 120 valence electrons. The lowest BCUT2D eigenvalue weighted by Gasteiger charge is -2.29. The van der Waals surface area contributed by atoms with Gasteiger partial charge in [0.05, 0.1) is 13.2 Å². The fraction of sp³-hybridized carbons (Fsp3) is 0.524. The van der Waals surface area contributed by atoms with Gasteiger partial charge in [-0.3, -0.25) is 0 Å². The van der Waals surface area contributed by atoms with Crippen molar-refractivity contribution < 1.29 is 4.74 Å². The van der Waals surface area contributed by atoms with Crippen LogP contribution in [0.1, 0.15) is 62.0 Å². The first kappa shape index (κ1) is 17.0. The molecule has 0 unspecified atom stereocenters. The molecule has 22 heavy (non-hydrogen) atoms. The molecule has 2 rings (SSSR count). The van der Waals surface area contributed by atoms with Gasteiger partial charge in [0.25, 0.3) is 0 Å². The van der Waals surface area contributed by atoms with Crippen molar-refractivity contribution in [3.8, 4) is 0 Å². The third-order valence-electron chi connectivity index (χ3n) is 4.82. The summed E-state index contributed by atoms with van der Waals surface area (Å²) in [6.07, 6.45) is 13.2. The summed E-state index contributed by atoms with van der Waals surface area (Å²) in [6, 6.07) is 9.04. The molecule has 0 bridgehead atoms. The predicted molar refractivity (Wildman–Crippen MR) is 95.0 cm³/mol. The van der Waals surface area contributed by atoms with Gasteiger partial charge >= 0.3 is 0 Å². The van der Waals surface area contributed by atoms with Crippen LogP contribution in [-0.2, 0) is 11.3 Å². The molecule has 1 aliphatic rings. The average Bonchev–Trinajstić information content (AvgIpc) is 2.57. The lowest BCUT2D eigenvalue weighted by atomic mass is 9.77. The van der Waals surface area contributed by atoms with Crippen LogP contribution >= 0.6 is 0 Å². The van der Waals surface area contributed by atoms with Crippen LogP contribution in [0.4, 0.5) is 0 Å². The Morgan fingerprint density at radius 1 is 1.00 bits per heavy atom. The van der Waals surface area contributed by atoms with Gasteiger partial charge in [-0.2, -0.15) is 0 Å². The molecular formula is C21H30O. The summed E-state index contributed by atoms with van der Waals surface area (Å²) in [5.74, 6) is 1.71. The van der Waals surface area contributed by atoms with Gasteiger partial charge in [-0.1, -0.05) is 42.8 Å². The highest BCUT2D eigenvalue weighted by Crippen LogP contribution is 2.37. The minimum absolute atomic E-state index is 0.623. The Bertz CT molecular complexity index is 437. The van der Waals surface area contributed by atoms with Gasteiger partial charge in [-0.25, -0.2) is 0 Å². The van der Waals surface area contributed by atoms with E-state index in [1.807, 2.05) is 6.08 Å². The maximum atomic E-state index is 5.49. The van der Waals surface area contributed by atoms with Crippen LogP contribution in [0.15, 0.2) is 49.6 Å². The Labute approximate surface area is 136 Å². The zero-order chi connectivity index (χ0) is 15.6. The second-order valence-electron chi connectivity index (χ2n) is 6.48. The Kier molecular flexibility index (Phi) is 7.45. The van der Waals surface area contributed by atoms with Crippen LogP contribution in [0.5, 0.6) is 0 Å². The number of unbranched alkanes of at least 4 members (excludes halogenated alkanes) is 1. The summed E-state index contributed by atoms with van der Waals surface area (Å²) in [5, 5.41) is 0. The molecule has 0 amide bonds. The summed E-state index contributed by atoms with van der Waals surface area (Å²) in [5.41, 5.74) is 2.76. The first-order valence-corrected chi connectivity index (χ1v) is 8.72. The van der Waals surface area contributed by atoms with Crippen LogP contribution in [0.2, 0.25) is 0 Å². The minimum atomic E-state index is 0.623. The van der Waals surface area contributed by atoms with Crippen LogP contribution in [0.3, 0.4) is 0 Å². The van der Waals surface area contributed by atoms with E-state index < -0.39 is 0 Å². The first-order chi connectivity index (χ1) is 10.8. The van der Waals surface area contributed by atoms with E-state index in [1.165, 1.54) is 56.1 Å². The first-order valence-electron chi connectivity index (χ1n) is 8.72. The van der Waals surface area contributed by atoms with Gasteiger partial charge in [-0.15, -0.1) is 13.2 Å². The SMILES string of the molecule is C=CCCC[C@H]1CC[C@H](c2ccc(COCC=C)cc2)CC1. The summed E-state index contributed by atoms with van der Waals surface area (Å²) >= 11 is 0. The maximum absolute atomic E-state index is 5.49. The lowest BCUT2D eigenvalue weighted by molar-refractivity contribution is 0.149. The van der Waals surface area contributed by atoms with Crippen LogP contribution in [0.25, 0.3) is 0 Å². The van der Waals surface area contributed by atoms with E-state index in [2.05, 4.69) is 37.4 Å². The average molecular weight is 298 g/mol. The van der Waals surface area contributed by atoms with Crippen LogP contribution in [0, 0.1) is 5.92 Å². The van der Waals surface area contributed by atoms with Crippen molar-refractivity contribution in [2.45, 2.75) is 57.5 Å². The largest absolute Gasteiger partial charge is 0.373 e. The van der Waals surface area contributed by atoms with Gasteiger partial charge < -0.3 is 4.74 Å². The van der Waals surface area contributed by atoms with E-state index in [4.69, 9.17) is 4.74 Å². The lowest BCUT2D eigenvalue weighted by Crippen LogP contribution is -2.13. The standard InChI is InChI=1S/C21H30O/c1-3-5-6-7-18-8-12-20(13-9-18)21-14-10-19(11-15-21)17-22-16-4-2/h3-4,10-11,14-15,18,20H,1-2,5-9,12-13,16-17H2/t18-,20-. The number of hydrogen-bond acceptors (Lipinski definition) is 1. The summed E-state index contributed by atoms with van der Waals surface area (Å²) in [7, 11) is 0. The number of ether oxygens (including phenoxy) is 1. The van der Waals surface area contributed by atoms with Crippen molar-refractivity contribution in [2.75, 3.05) is 6.61 Å². The molecule has 0 aromatic heterocycles. The second kappa shape index (κ2) is 9.63. The van der Waals surface area contributed by atoms with E-state index in [0.29, 0.717) is 13.2 Å². The topological polar surface area (TPSA) is 9.23 Å². The Balaban J connectivity index is 1.76. The molecule has 0 spiro atoms. The summed E-state index contributed by atoms with van der Waals surface area (Å²) in [6.45, 7) is 8.78. The molecule has 0 aliphatic heterocycles. The van der Waals surface area contributed by atoms with Crippen LogP contribution < -0.4 is 0 Å². The van der Waals surface area contributed by atoms with Crippen molar-refractivity contribution in [2.24, 2.45) is 5.92 Å². The zero-order valence-corrected chi connectivity index (χ0v) is 13.8. The van der Waals surface area contributed by atoms with E-state index in [9.17, 15) is 0 Å². The highest BCUT2D eigenvalue weighted by Gasteiger charge is 2.21. The van der Waals surface area contributed by atoms with Crippen molar-refractivity contribution in [3.05, 3.63) is 60.7 Å². The Morgan fingerprint density at radius 2 is 1.73 bits per heavy atom. The number of rotatable bonds is 9. The number of benzene rings is 1. The molecule has 1 aliphatic carbocycles. The van der Waals surface area contributed by atoms with E-state index in [-0.39, 0.29) is 0 Å². The molecule has 0 atom stereocenters. The highest BCUT2D eigenvalue weighted by molar-refractivity contribution is 5.25. The quantitative estimate of drug-likeness (QED) is 0.400. The predicted octanol–water partition coefficient (Wildman–Crippen LogP) is 6.02. The summed E-state index contributed by atoms with van der Waals surface area (Å²) in [4.78, 5) is 0. The molecule has 1 nitrogen and oxygen atoms in total. The summed E-state index contributed by atoms with van der Waals surface area (Å²) < 4.78 is 5.49. The third-order valence-corrected chi connectivity index (χ3v) is 4.82. The number of allylic oxidation sites excluding steroid dienone is 1. The Hall–Kier alpha value is -1.34.